The van der Waals surface area contributed by atoms with Gasteiger partial charge in [0.2, 0.25) is 0 Å². The van der Waals surface area contributed by atoms with Crippen molar-refractivity contribution < 1.29 is 0 Å². The summed E-state index contributed by atoms with van der Waals surface area (Å²) in [5.41, 5.74) is 0. The fourth-order valence-electron chi connectivity index (χ4n) is 0.482. The molecule has 0 amide bonds. The first-order valence-electron chi connectivity index (χ1n) is 2.79. The van der Waals surface area contributed by atoms with Crippen LogP contribution in [0.3, 0.4) is 0 Å². The van der Waals surface area contributed by atoms with E-state index in [9.17, 15) is 0 Å². The zero-order chi connectivity index (χ0) is 6.41. The zero-order valence-electron chi connectivity index (χ0n) is 5.37. The smallest absolute Gasteiger partial charge is 0.0182 e. The Hall–Kier alpha value is 0.0400. The summed E-state index contributed by atoms with van der Waals surface area (Å²) in [6, 6.07) is 0. The van der Waals surface area contributed by atoms with Gasteiger partial charge in [-0.1, -0.05) is 22.9 Å². The molecule has 0 aliphatic carbocycles. The topological polar surface area (TPSA) is 0 Å². The van der Waals surface area contributed by atoms with Gasteiger partial charge in [0.05, 0.1) is 0 Å². The van der Waals surface area contributed by atoms with Crippen molar-refractivity contribution in [2.24, 2.45) is 5.92 Å². The Labute approximate surface area is 59.8 Å². The lowest BCUT2D eigenvalue weighted by atomic mass is 10.1. The predicted molar refractivity (Wildman–Crippen MR) is 41.0 cm³/mol. The molecule has 46 valence electrons. The third-order valence-electron chi connectivity index (χ3n) is 0.933. The van der Waals surface area contributed by atoms with Crippen LogP contribution in [0.2, 0.25) is 0 Å². The van der Waals surface area contributed by atoms with Crippen LogP contribution in [0.25, 0.3) is 0 Å². The molecule has 0 fully saturated rings. The van der Waals surface area contributed by atoms with E-state index >= 15 is 0 Å². The highest BCUT2D eigenvalue weighted by Gasteiger charge is 1.91. The maximum Gasteiger partial charge on any atom is 0.0182 e. The molecule has 1 unspecified atom stereocenters. The lowest BCUT2D eigenvalue weighted by Gasteiger charge is -1.95. The maximum absolute atomic E-state index is 3.35. The van der Waals surface area contributed by atoms with Crippen LogP contribution in [0, 0.1) is 17.8 Å². The van der Waals surface area contributed by atoms with Gasteiger partial charge >= 0.3 is 0 Å². The van der Waals surface area contributed by atoms with Crippen molar-refractivity contribution >= 4 is 15.9 Å². The molecular weight excluding hydrogens is 164 g/mol. The summed E-state index contributed by atoms with van der Waals surface area (Å²) in [4.78, 5) is 0. The fourth-order valence-corrected chi connectivity index (χ4v) is 1.17. The maximum atomic E-state index is 3.35. The summed E-state index contributed by atoms with van der Waals surface area (Å²) in [6.07, 6.45) is 1.15. The van der Waals surface area contributed by atoms with Gasteiger partial charge in [0.25, 0.3) is 0 Å². The van der Waals surface area contributed by atoms with E-state index in [1.54, 1.807) is 0 Å². The molecule has 0 heterocycles. The molecule has 0 bridgehead atoms. The molecule has 8 heavy (non-hydrogen) atoms. The average molecular weight is 175 g/mol. The van der Waals surface area contributed by atoms with E-state index in [0.29, 0.717) is 5.92 Å². The molecule has 0 spiro atoms. The van der Waals surface area contributed by atoms with Crippen molar-refractivity contribution in [1.82, 2.24) is 0 Å². The van der Waals surface area contributed by atoms with Crippen molar-refractivity contribution in [1.29, 1.82) is 0 Å². The molecule has 0 aliphatic heterocycles. The Kier molecular flexibility index (Phi) is 5.21. The van der Waals surface area contributed by atoms with Crippen LogP contribution in [0.15, 0.2) is 0 Å². The van der Waals surface area contributed by atoms with Gasteiger partial charge in [0.15, 0.2) is 0 Å². The Balaban J connectivity index is 3.27. The van der Waals surface area contributed by atoms with Gasteiger partial charge in [-0.3, -0.25) is 0 Å². The molecular formula is C7H11Br. The minimum Gasteiger partial charge on any atom is -0.106 e. The van der Waals surface area contributed by atoms with Crippen molar-refractivity contribution in [2.45, 2.75) is 20.3 Å². The monoisotopic (exact) mass is 174 g/mol. The lowest BCUT2D eigenvalue weighted by Crippen LogP contribution is -1.89. The summed E-state index contributed by atoms with van der Waals surface area (Å²) >= 11 is 3.35. The highest BCUT2D eigenvalue weighted by atomic mass is 79.9. The van der Waals surface area contributed by atoms with Crippen LogP contribution < -0.4 is 0 Å². The first-order valence-corrected chi connectivity index (χ1v) is 3.91. The lowest BCUT2D eigenvalue weighted by molar-refractivity contribution is 0.734. The summed E-state index contributed by atoms with van der Waals surface area (Å²) in [5, 5.41) is 1.06. The van der Waals surface area contributed by atoms with Crippen LogP contribution in [0.5, 0.6) is 0 Å². The Bertz CT molecular complexity index is 96.7. The van der Waals surface area contributed by atoms with Gasteiger partial charge in [0, 0.05) is 11.2 Å². The van der Waals surface area contributed by atoms with Crippen molar-refractivity contribution in [3.05, 3.63) is 0 Å². The second-order valence-electron chi connectivity index (χ2n) is 1.77. The number of rotatable bonds is 2. The van der Waals surface area contributed by atoms with E-state index < -0.39 is 0 Å². The summed E-state index contributed by atoms with van der Waals surface area (Å²) in [6.45, 7) is 4.02. The van der Waals surface area contributed by atoms with E-state index in [2.05, 4.69) is 34.7 Å². The minimum atomic E-state index is 0.555. The Morgan fingerprint density at radius 3 is 2.62 bits per heavy atom. The largest absolute Gasteiger partial charge is 0.106 e. The van der Waals surface area contributed by atoms with Crippen molar-refractivity contribution in [3.8, 4) is 11.8 Å². The van der Waals surface area contributed by atoms with Gasteiger partial charge < -0.3 is 0 Å². The highest BCUT2D eigenvalue weighted by molar-refractivity contribution is 9.09. The number of hydrogen-bond donors (Lipinski definition) is 0. The van der Waals surface area contributed by atoms with Gasteiger partial charge in [-0.05, 0) is 13.3 Å². The van der Waals surface area contributed by atoms with E-state index in [-0.39, 0.29) is 0 Å². The molecule has 0 saturated heterocycles. The standard InChI is InChI=1S/C7H11Br/c1-3-4-7(2)5-6-8/h7H,5-6H2,1-2H3. The van der Waals surface area contributed by atoms with E-state index in [1.807, 2.05) is 6.92 Å². The number of hydrogen-bond acceptors (Lipinski definition) is 0. The van der Waals surface area contributed by atoms with E-state index in [1.165, 1.54) is 0 Å². The third-order valence-corrected chi connectivity index (χ3v) is 1.39. The first-order chi connectivity index (χ1) is 3.81. The fraction of sp³-hybridized carbons (Fsp3) is 0.714. The summed E-state index contributed by atoms with van der Waals surface area (Å²) < 4.78 is 0. The molecule has 1 atom stereocenters. The summed E-state index contributed by atoms with van der Waals surface area (Å²) in [7, 11) is 0. The second-order valence-corrected chi connectivity index (χ2v) is 2.57. The SMILES string of the molecule is CC#CC(C)CCBr. The van der Waals surface area contributed by atoms with Gasteiger partial charge in [-0.25, -0.2) is 0 Å². The van der Waals surface area contributed by atoms with Gasteiger partial charge in [-0.2, -0.15) is 0 Å². The van der Waals surface area contributed by atoms with Crippen LogP contribution >= 0.6 is 15.9 Å². The van der Waals surface area contributed by atoms with Crippen LogP contribution in [-0.2, 0) is 0 Å². The van der Waals surface area contributed by atoms with Crippen LogP contribution in [0.1, 0.15) is 20.3 Å². The highest BCUT2D eigenvalue weighted by Crippen LogP contribution is 2.01. The third kappa shape index (κ3) is 4.21. The number of alkyl halides is 1. The van der Waals surface area contributed by atoms with Crippen LogP contribution in [-0.4, -0.2) is 5.33 Å². The van der Waals surface area contributed by atoms with Crippen molar-refractivity contribution in [2.75, 3.05) is 5.33 Å². The van der Waals surface area contributed by atoms with Crippen molar-refractivity contribution in [3.63, 3.8) is 0 Å². The van der Waals surface area contributed by atoms with Gasteiger partial charge in [0.1, 0.15) is 0 Å². The minimum absolute atomic E-state index is 0.555. The Morgan fingerprint density at radius 1 is 1.62 bits per heavy atom. The predicted octanol–water partition coefficient (Wildman–Crippen LogP) is 2.43. The average Bonchev–Trinajstić information content (AvgIpc) is 1.68. The molecule has 0 aromatic carbocycles. The molecule has 0 radical (unpaired) electrons. The normalized spacial score (nSPS) is 11.9. The molecule has 0 saturated carbocycles. The van der Waals surface area contributed by atoms with E-state index in [0.717, 1.165) is 11.8 Å². The summed E-state index contributed by atoms with van der Waals surface area (Å²) in [5.74, 6) is 6.50. The van der Waals surface area contributed by atoms with Gasteiger partial charge in [-0.15, -0.1) is 11.8 Å². The molecule has 0 aromatic rings. The van der Waals surface area contributed by atoms with E-state index in [4.69, 9.17) is 0 Å². The zero-order valence-corrected chi connectivity index (χ0v) is 6.96. The second kappa shape index (κ2) is 5.18. The molecule has 0 N–H and O–H groups in total. The molecule has 0 aliphatic rings. The molecule has 0 aromatic heterocycles. The number of halogens is 1. The first kappa shape index (κ1) is 8.04. The molecule has 0 nitrogen and oxygen atoms in total. The quantitative estimate of drug-likeness (QED) is 0.446. The molecule has 1 heteroatoms. The molecule has 0 rings (SSSR count). The van der Waals surface area contributed by atoms with Crippen LogP contribution in [0.4, 0.5) is 0 Å². The Morgan fingerprint density at radius 2 is 2.25 bits per heavy atom.